The Labute approximate surface area is 122 Å². The number of ether oxygens (including phenoxy) is 1. The van der Waals surface area contributed by atoms with E-state index in [1.807, 2.05) is 6.92 Å². The molecule has 116 valence electrons. The van der Waals surface area contributed by atoms with Crippen molar-refractivity contribution in [1.29, 1.82) is 0 Å². The molecule has 0 aromatic carbocycles. The van der Waals surface area contributed by atoms with E-state index >= 15 is 0 Å². The van der Waals surface area contributed by atoms with Gasteiger partial charge in [-0.25, -0.2) is 9.59 Å². The average Bonchev–Trinajstić information content (AvgIpc) is 2.78. The van der Waals surface area contributed by atoms with Gasteiger partial charge in [-0.3, -0.25) is 0 Å². The van der Waals surface area contributed by atoms with Crippen LogP contribution in [-0.2, 0) is 11.3 Å². The molecule has 1 saturated heterocycles. The van der Waals surface area contributed by atoms with Gasteiger partial charge >= 0.3 is 12.0 Å². The first kappa shape index (κ1) is 15.4. The monoisotopic (exact) mass is 296 g/mol. The first-order valence-electron chi connectivity index (χ1n) is 6.86. The van der Waals surface area contributed by atoms with Gasteiger partial charge in [0.15, 0.2) is 0 Å². The number of nitrogens with one attached hydrogen (secondary N) is 2. The molecular weight excluding hydrogens is 276 g/mol. The fourth-order valence-electron chi connectivity index (χ4n) is 2.36. The van der Waals surface area contributed by atoms with Gasteiger partial charge in [-0.2, -0.15) is 0 Å². The highest BCUT2D eigenvalue weighted by Gasteiger charge is 2.29. The molecule has 0 spiro atoms. The lowest BCUT2D eigenvalue weighted by atomic mass is 9.95. The SMILES string of the molecule is Cc1oc(CNC(=O)NC2(C)CCCOC2)cc1C(=O)O. The molecule has 1 aliphatic heterocycles. The Hall–Kier alpha value is -2.02. The highest BCUT2D eigenvalue weighted by Crippen LogP contribution is 2.18. The highest BCUT2D eigenvalue weighted by atomic mass is 16.5. The number of carbonyl (C=O) groups excluding carboxylic acids is 1. The zero-order chi connectivity index (χ0) is 15.5. The zero-order valence-corrected chi connectivity index (χ0v) is 12.2. The highest BCUT2D eigenvalue weighted by molar-refractivity contribution is 5.88. The second kappa shape index (κ2) is 6.17. The van der Waals surface area contributed by atoms with Crippen molar-refractivity contribution in [3.63, 3.8) is 0 Å². The summed E-state index contributed by atoms with van der Waals surface area (Å²) in [5, 5.41) is 14.5. The fraction of sp³-hybridized carbons (Fsp3) is 0.571. The summed E-state index contributed by atoms with van der Waals surface area (Å²) in [5.74, 6) is -0.309. The summed E-state index contributed by atoms with van der Waals surface area (Å²) in [4.78, 5) is 22.8. The van der Waals surface area contributed by atoms with Crippen molar-refractivity contribution in [2.45, 2.75) is 38.8 Å². The maximum absolute atomic E-state index is 11.9. The number of carbonyl (C=O) groups is 2. The number of aryl methyl sites for hydroxylation is 1. The van der Waals surface area contributed by atoms with E-state index in [1.54, 1.807) is 6.92 Å². The predicted octanol–water partition coefficient (Wildman–Crippen LogP) is 1.65. The molecule has 1 aromatic heterocycles. The Morgan fingerprint density at radius 3 is 2.81 bits per heavy atom. The molecule has 0 aliphatic carbocycles. The molecule has 2 rings (SSSR count). The number of aromatic carboxylic acids is 1. The van der Waals surface area contributed by atoms with Crippen molar-refractivity contribution < 1.29 is 23.8 Å². The molecule has 0 saturated carbocycles. The fourth-order valence-corrected chi connectivity index (χ4v) is 2.36. The summed E-state index contributed by atoms with van der Waals surface area (Å²) >= 11 is 0. The number of furan rings is 1. The van der Waals surface area contributed by atoms with Gasteiger partial charge in [0.05, 0.1) is 18.7 Å². The third-order valence-electron chi connectivity index (χ3n) is 3.48. The number of rotatable bonds is 4. The van der Waals surface area contributed by atoms with Crippen LogP contribution in [0.4, 0.5) is 4.79 Å². The first-order chi connectivity index (χ1) is 9.89. The van der Waals surface area contributed by atoms with E-state index in [9.17, 15) is 9.59 Å². The van der Waals surface area contributed by atoms with Crippen molar-refractivity contribution in [1.82, 2.24) is 10.6 Å². The first-order valence-corrected chi connectivity index (χ1v) is 6.86. The van der Waals surface area contributed by atoms with Gasteiger partial charge in [0.2, 0.25) is 0 Å². The lowest BCUT2D eigenvalue weighted by Gasteiger charge is -2.34. The summed E-state index contributed by atoms with van der Waals surface area (Å²) in [6.07, 6.45) is 1.78. The number of hydrogen-bond donors (Lipinski definition) is 3. The minimum atomic E-state index is -1.04. The van der Waals surface area contributed by atoms with Crippen LogP contribution in [0.15, 0.2) is 10.5 Å². The van der Waals surface area contributed by atoms with Gasteiger partial charge in [-0.15, -0.1) is 0 Å². The van der Waals surface area contributed by atoms with Crippen LogP contribution >= 0.6 is 0 Å². The lowest BCUT2D eigenvalue weighted by molar-refractivity contribution is 0.0333. The van der Waals surface area contributed by atoms with Crippen LogP contribution in [0.1, 0.15) is 41.6 Å². The Balaban J connectivity index is 1.86. The number of carboxylic acid groups (broad SMARTS) is 1. The van der Waals surface area contributed by atoms with E-state index in [-0.39, 0.29) is 23.7 Å². The topological polar surface area (TPSA) is 101 Å². The van der Waals surface area contributed by atoms with E-state index in [0.717, 1.165) is 19.4 Å². The number of hydrogen-bond acceptors (Lipinski definition) is 4. The van der Waals surface area contributed by atoms with E-state index in [0.29, 0.717) is 18.1 Å². The molecule has 0 radical (unpaired) electrons. The quantitative estimate of drug-likeness (QED) is 0.784. The number of carboxylic acids is 1. The van der Waals surface area contributed by atoms with Crippen LogP contribution in [0.5, 0.6) is 0 Å². The van der Waals surface area contributed by atoms with Gasteiger partial charge in [-0.05, 0) is 32.8 Å². The smallest absolute Gasteiger partial charge is 0.339 e. The molecule has 1 aliphatic rings. The van der Waals surface area contributed by atoms with Crippen LogP contribution in [0.3, 0.4) is 0 Å². The zero-order valence-electron chi connectivity index (χ0n) is 12.2. The lowest BCUT2D eigenvalue weighted by Crippen LogP contribution is -2.54. The van der Waals surface area contributed by atoms with Crippen LogP contribution in [-0.4, -0.2) is 35.9 Å². The number of amides is 2. The summed E-state index contributed by atoms with van der Waals surface area (Å²) in [6.45, 7) is 4.86. The van der Waals surface area contributed by atoms with Crippen molar-refractivity contribution in [2.75, 3.05) is 13.2 Å². The second-order valence-electron chi connectivity index (χ2n) is 5.51. The summed E-state index contributed by atoms with van der Waals surface area (Å²) in [5.41, 5.74) is -0.256. The summed E-state index contributed by atoms with van der Waals surface area (Å²) in [6, 6.07) is 1.09. The van der Waals surface area contributed by atoms with Crippen molar-refractivity contribution in [3.05, 3.63) is 23.2 Å². The molecule has 2 amide bonds. The number of urea groups is 1. The molecule has 0 bridgehead atoms. The Morgan fingerprint density at radius 2 is 2.24 bits per heavy atom. The second-order valence-corrected chi connectivity index (χ2v) is 5.51. The average molecular weight is 296 g/mol. The molecule has 1 fully saturated rings. The van der Waals surface area contributed by atoms with Gasteiger partial charge in [0, 0.05) is 6.61 Å². The standard InChI is InChI=1S/C14H20N2O5/c1-9-11(12(17)18)6-10(21-9)7-15-13(19)16-14(2)4-3-5-20-8-14/h6H,3-5,7-8H2,1-2H3,(H,17,18)(H2,15,16,19). The van der Waals surface area contributed by atoms with Crippen LogP contribution in [0.25, 0.3) is 0 Å². The Morgan fingerprint density at radius 1 is 1.48 bits per heavy atom. The van der Waals surface area contributed by atoms with Gasteiger partial charge in [-0.1, -0.05) is 0 Å². The normalized spacial score (nSPS) is 21.8. The third kappa shape index (κ3) is 3.98. The van der Waals surface area contributed by atoms with Crippen LogP contribution in [0, 0.1) is 6.92 Å². The minimum absolute atomic E-state index is 0.111. The Kier molecular flexibility index (Phi) is 4.52. The maximum atomic E-state index is 11.9. The molecule has 7 nitrogen and oxygen atoms in total. The molecule has 21 heavy (non-hydrogen) atoms. The molecule has 1 atom stereocenters. The molecule has 7 heteroatoms. The maximum Gasteiger partial charge on any atom is 0.339 e. The van der Waals surface area contributed by atoms with Crippen LogP contribution < -0.4 is 10.6 Å². The van der Waals surface area contributed by atoms with Crippen molar-refractivity contribution in [2.24, 2.45) is 0 Å². The Bertz CT molecular complexity index is 531. The van der Waals surface area contributed by atoms with E-state index in [2.05, 4.69) is 10.6 Å². The molecule has 1 aromatic rings. The van der Waals surface area contributed by atoms with Gasteiger partial charge in [0.25, 0.3) is 0 Å². The van der Waals surface area contributed by atoms with Gasteiger partial charge in [0.1, 0.15) is 17.1 Å². The summed E-state index contributed by atoms with van der Waals surface area (Å²) < 4.78 is 10.7. The molecule has 2 heterocycles. The van der Waals surface area contributed by atoms with E-state index in [4.69, 9.17) is 14.3 Å². The third-order valence-corrected chi connectivity index (χ3v) is 3.48. The largest absolute Gasteiger partial charge is 0.478 e. The predicted molar refractivity (Wildman–Crippen MR) is 74.2 cm³/mol. The minimum Gasteiger partial charge on any atom is -0.478 e. The molecule has 3 N–H and O–H groups in total. The van der Waals surface area contributed by atoms with Crippen LogP contribution in [0.2, 0.25) is 0 Å². The molecule has 1 unspecified atom stereocenters. The van der Waals surface area contributed by atoms with Crippen molar-refractivity contribution >= 4 is 12.0 Å². The molecular formula is C14H20N2O5. The van der Waals surface area contributed by atoms with Gasteiger partial charge < -0.3 is 24.9 Å². The summed E-state index contributed by atoms with van der Waals surface area (Å²) in [7, 11) is 0. The van der Waals surface area contributed by atoms with Crippen molar-refractivity contribution in [3.8, 4) is 0 Å². The van der Waals surface area contributed by atoms with E-state index < -0.39 is 5.97 Å². The van der Waals surface area contributed by atoms with E-state index in [1.165, 1.54) is 6.07 Å².